The Balaban J connectivity index is 1.40. The van der Waals surface area contributed by atoms with Gasteiger partial charge in [0.25, 0.3) is 0 Å². The topological polar surface area (TPSA) is 46.6 Å². The Hall–Kier alpha value is -2.11. The molecule has 0 amide bonds. The summed E-state index contributed by atoms with van der Waals surface area (Å²) in [7, 11) is 0. The van der Waals surface area contributed by atoms with Crippen LogP contribution in [0.1, 0.15) is 12.8 Å². The molecule has 0 saturated carbocycles. The number of nitrogens with zero attached hydrogens (tertiary/aromatic N) is 2. The molecule has 1 aromatic carbocycles. The molecule has 2 saturated heterocycles. The van der Waals surface area contributed by atoms with Crippen molar-refractivity contribution < 1.29 is 9.47 Å². The number of pyridine rings is 1. The Bertz CT molecular complexity index is 660. The van der Waals surface area contributed by atoms with Crippen LogP contribution in [-0.4, -0.2) is 50.5 Å². The van der Waals surface area contributed by atoms with Gasteiger partial charge in [0.15, 0.2) is 0 Å². The fraction of sp³-hybridized carbons (Fsp3) is 0.450. The SMILES string of the molecule is c1cc(-c2ccc(N3CCOCC3)nc2)ccc1OC1CCNCC1. The van der Waals surface area contributed by atoms with Crippen molar-refractivity contribution in [1.82, 2.24) is 10.3 Å². The van der Waals surface area contributed by atoms with Crippen LogP contribution >= 0.6 is 0 Å². The first-order valence-electron chi connectivity index (χ1n) is 9.15. The van der Waals surface area contributed by atoms with E-state index in [0.29, 0.717) is 6.10 Å². The molecule has 2 aromatic rings. The second-order valence-corrected chi connectivity index (χ2v) is 6.60. The third kappa shape index (κ3) is 4.11. The highest BCUT2D eigenvalue weighted by atomic mass is 16.5. The first kappa shape index (κ1) is 16.4. The van der Waals surface area contributed by atoms with E-state index in [1.165, 1.54) is 5.56 Å². The molecular formula is C20H25N3O2. The Morgan fingerprint density at radius 2 is 1.68 bits per heavy atom. The fourth-order valence-corrected chi connectivity index (χ4v) is 3.37. The van der Waals surface area contributed by atoms with E-state index in [4.69, 9.17) is 9.47 Å². The number of aromatic nitrogens is 1. The van der Waals surface area contributed by atoms with E-state index >= 15 is 0 Å². The van der Waals surface area contributed by atoms with Crippen LogP contribution in [0.2, 0.25) is 0 Å². The number of benzene rings is 1. The van der Waals surface area contributed by atoms with Gasteiger partial charge in [-0.1, -0.05) is 12.1 Å². The highest BCUT2D eigenvalue weighted by Crippen LogP contribution is 2.25. The van der Waals surface area contributed by atoms with Gasteiger partial charge >= 0.3 is 0 Å². The van der Waals surface area contributed by atoms with Crippen LogP contribution in [0.4, 0.5) is 5.82 Å². The third-order valence-corrected chi connectivity index (χ3v) is 4.86. The zero-order valence-electron chi connectivity index (χ0n) is 14.5. The molecule has 25 heavy (non-hydrogen) atoms. The molecule has 0 radical (unpaired) electrons. The summed E-state index contributed by atoms with van der Waals surface area (Å²) in [6, 6.07) is 12.6. The van der Waals surface area contributed by atoms with E-state index in [1.54, 1.807) is 0 Å². The third-order valence-electron chi connectivity index (χ3n) is 4.86. The van der Waals surface area contributed by atoms with Gasteiger partial charge < -0.3 is 19.7 Å². The molecule has 0 bridgehead atoms. The van der Waals surface area contributed by atoms with Gasteiger partial charge in [-0.05, 0) is 55.8 Å². The van der Waals surface area contributed by atoms with Crippen LogP contribution in [0.25, 0.3) is 11.1 Å². The molecule has 0 atom stereocenters. The van der Waals surface area contributed by atoms with E-state index in [1.807, 2.05) is 6.20 Å². The maximum atomic E-state index is 6.07. The monoisotopic (exact) mass is 339 g/mol. The van der Waals surface area contributed by atoms with Crippen LogP contribution in [0.3, 0.4) is 0 Å². The largest absolute Gasteiger partial charge is 0.490 e. The zero-order valence-corrected chi connectivity index (χ0v) is 14.5. The molecule has 0 aliphatic carbocycles. The Labute approximate surface area is 149 Å². The van der Waals surface area contributed by atoms with E-state index in [2.05, 4.69) is 51.6 Å². The molecule has 2 aliphatic rings. The maximum Gasteiger partial charge on any atom is 0.128 e. The molecular weight excluding hydrogens is 314 g/mol. The summed E-state index contributed by atoms with van der Waals surface area (Å²) in [4.78, 5) is 6.89. The number of ether oxygens (including phenoxy) is 2. The van der Waals surface area contributed by atoms with E-state index in [9.17, 15) is 0 Å². The minimum absolute atomic E-state index is 0.335. The van der Waals surface area contributed by atoms with Crippen molar-refractivity contribution in [2.75, 3.05) is 44.3 Å². The number of hydrogen-bond acceptors (Lipinski definition) is 5. The number of nitrogens with one attached hydrogen (secondary N) is 1. The standard InChI is InChI=1S/C20H25N3O2/c1-4-18(25-19-7-9-21-10-8-19)5-2-16(1)17-3-6-20(22-15-17)23-11-13-24-14-12-23/h1-6,15,19,21H,7-14H2. The van der Waals surface area contributed by atoms with Crippen LogP contribution in [0, 0.1) is 0 Å². The highest BCUT2D eigenvalue weighted by molar-refractivity contribution is 5.64. The second-order valence-electron chi connectivity index (χ2n) is 6.60. The van der Waals surface area contributed by atoms with Gasteiger partial charge in [-0.15, -0.1) is 0 Å². The highest BCUT2D eigenvalue weighted by Gasteiger charge is 2.15. The minimum atomic E-state index is 0.335. The van der Waals surface area contributed by atoms with Crippen molar-refractivity contribution in [1.29, 1.82) is 0 Å². The first-order chi connectivity index (χ1) is 12.4. The summed E-state index contributed by atoms with van der Waals surface area (Å²) < 4.78 is 11.5. The van der Waals surface area contributed by atoms with Crippen LogP contribution in [0.5, 0.6) is 5.75 Å². The van der Waals surface area contributed by atoms with Gasteiger partial charge in [0, 0.05) is 24.8 Å². The van der Waals surface area contributed by atoms with Gasteiger partial charge in [-0.2, -0.15) is 0 Å². The van der Waals surface area contributed by atoms with Crippen molar-refractivity contribution in [2.45, 2.75) is 18.9 Å². The average molecular weight is 339 g/mol. The predicted molar refractivity (Wildman–Crippen MR) is 99.2 cm³/mol. The lowest BCUT2D eigenvalue weighted by Crippen LogP contribution is -2.36. The summed E-state index contributed by atoms with van der Waals surface area (Å²) in [5.74, 6) is 1.98. The van der Waals surface area contributed by atoms with E-state index in [-0.39, 0.29) is 0 Å². The molecule has 2 aliphatic heterocycles. The molecule has 3 heterocycles. The molecule has 0 unspecified atom stereocenters. The van der Waals surface area contributed by atoms with Crippen LogP contribution in [0.15, 0.2) is 42.6 Å². The summed E-state index contributed by atoms with van der Waals surface area (Å²) in [6.45, 7) is 5.47. The average Bonchev–Trinajstić information content (AvgIpc) is 2.70. The smallest absolute Gasteiger partial charge is 0.128 e. The number of rotatable bonds is 4. The summed E-state index contributed by atoms with van der Waals surface area (Å²) >= 11 is 0. The van der Waals surface area contributed by atoms with Crippen LogP contribution in [-0.2, 0) is 4.74 Å². The summed E-state index contributed by atoms with van der Waals surface area (Å²) in [5.41, 5.74) is 2.30. The summed E-state index contributed by atoms with van der Waals surface area (Å²) in [5, 5.41) is 3.36. The summed E-state index contributed by atoms with van der Waals surface area (Å²) in [6.07, 6.45) is 4.44. The van der Waals surface area contributed by atoms with Crippen molar-refractivity contribution in [3.63, 3.8) is 0 Å². The second kappa shape index (κ2) is 7.85. The number of piperidine rings is 1. The molecule has 4 rings (SSSR count). The Kier molecular flexibility index (Phi) is 5.14. The van der Waals surface area contributed by atoms with Gasteiger partial charge in [0.1, 0.15) is 17.7 Å². The molecule has 0 spiro atoms. The lowest BCUT2D eigenvalue weighted by Gasteiger charge is -2.27. The maximum absolute atomic E-state index is 6.07. The predicted octanol–water partition coefficient (Wildman–Crippen LogP) is 2.72. The van der Waals surface area contributed by atoms with Gasteiger partial charge in [0.05, 0.1) is 13.2 Å². The minimum Gasteiger partial charge on any atom is -0.490 e. The van der Waals surface area contributed by atoms with Crippen molar-refractivity contribution in [3.05, 3.63) is 42.6 Å². The van der Waals surface area contributed by atoms with Gasteiger partial charge in [0.2, 0.25) is 0 Å². The zero-order chi connectivity index (χ0) is 16.9. The van der Waals surface area contributed by atoms with Crippen LogP contribution < -0.4 is 15.0 Å². The normalized spacial score (nSPS) is 19.0. The first-order valence-corrected chi connectivity index (χ1v) is 9.15. The number of hydrogen-bond donors (Lipinski definition) is 1. The van der Waals surface area contributed by atoms with E-state index in [0.717, 1.165) is 69.4 Å². The Morgan fingerprint density at radius 3 is 2.36 bits per heavy atom. The molecule has 5 nitrogen and oxygen atoms in total. The Morgan fingerprint density at radius 1 is 0.960 bits per heavy atom. The number of anilines is 1. The van der Waals surface area contributed by atoms with Crippen molar-refractivity contribution in [2.24, 2.45) is 0 Å². The van der Waals surface area contributed by atoms with Gasteiger partial charge in [-0.3, -0.25) is 0 Å². The lowest BCUT2D eigenvalue weighted by atomic mass is 10.1. The fourth-order valence-electron chi connectivity index (χ4n) is 3.37. The lowest BCUT2D eigenvalue weighted by molar-refractivity contribution is 0.122. The molecule has 5 heteroatoms. The molecule has 1 aromatic heterocycles. The molecule has 2 fully saturated rings. The molecule has 132 valence electrons. The quantitative estimate of drug-likeness (QED) is 0.928. The van der Waals surface area contributed by atoms with Gasteiger partial charge in [-0.25, -0.2) is 4.98 Å². The van der Waals surface area contributed by atoms with Crippen molar-refractivity contribution in [3.8, 4) is 16.9 Å². The van der Waals surface area contributed by atoms with E-state index < -0.39 is 0 Å². The molecule has 1 N–H and O–H groups in total. The van der Waals surface area contributed by atoms with Crippen molar-refractivity contribution >= 4 is 5.82 Å². The number of morpholine rings is 1.